The van der Waals surface area contributed by atoms with Gasteiger partial charge in [-0.1, -0.05) is 17.7 Å². The zero-order chi connectivity index (χ0) is 22.4. The Hall–Kier alpha value is -3.23. The van der Waals surface area contributed by atoms with Crippen LogP contribution in [0.25, 0.3) is 0 Å². The van der Waals surface area contributed by atoms with Crippen molar-refractivity contribution in [2.45, 2.75) is 17.9 Å². The Kier molecular flexibility index (Phi) is 7.04. The van der Waals surface area contributed by atoms with Gasteiger partial charge in [-0.25, -0.2) is 8.42 Å². The number of nitrogens with one attached hydrogen (secondary N) is 2. The zero-order valence-electron chi connectivity index (χ0n) is 16.8. The molecule has 0 aliphatic heterocycles. The molecule has 0 bridgehead atoms. The van der Waals surface area contributed by atoms with E-state index in [4.69, 9.17) is 21.1 Å². The molecular weight excluding hydrogens is 440 g/mol. The average Bonchev–Trinajstić information content (AvgIpc) is 2.74. The number of benzene rings is 3. The summed E-state index contributed by atoms with van der Waals surface area (Å²) in [6.07, 6.45) is -0.763. The lowest BCUT2D eigenvalue weighted by atomic mass is 10.3. The van der Waals surface area contributed by atoms with Crippen LogP contribution in [0.15, 0.2) is 77.7 Å². The maximum Gasteiger partial charge on any atom is 0.265 e. The van der Waals surface area contributed by atoms with Gasteiger partial charge in [-0.05, 0) is 73.7 Å². The SMILES string of the molecule is COc1ccc(O[C@@H](C)C(=O)Nc2ccc(S(=O)(=O)Nc3cccc(Cl)c3)cc2)cc1. The van der Waals surface area contributed by atoms with E-state index >= 15 is 0 Å². The lowest BCUT2D eigenvalue weighted by Crippen LogP contribution is -2.30. The molecule has 0 unspecified atom stereocenters. The van der Waals surface area contributed by atoms with Gasteiger partial charge in [0.2, 0.25) is 0 Å². The Morgan fingerprint density at radius 1 is 0.935 bits per heavy atom. The molecule has 2 N–H and O–H groups in total. The molecule has 0 saturated heterocycles. The number of amides is 1. The average molecular weight is 461 g/mol. The summed E-state index contributed by atoms with van der Waals surface area (Å²) in [5, 5.41) is 3.12. The smallest absolute Gasteiger partial charge is 0.265 e. The third-order valence-electron chi connectivity index (χ3n) is 4.25. The Bertz CT molecular complexity index is 1150. The quantitative estimate of drug-likeness (QED) is 0.514. The molecule has 0 spiro atoms. The molecule has 0 heterocycles. The highest BCUT2D eigenvalue weighted by Crippen LogP contribution is 2.22. The molecule has 3 aromatic carbocycles. The van der Waals surface area contributed by atoms with Gasteiger partial charge >= 0.3 is 0 Å². The van der Waals surface area contributed by atoms with Crippen molar-refractivity contribution < 1.29 is 22.7 Å². The molecule has 3 aromatic rings. The molecule has 0 radical (unpaired) electrons. The fourth-order valence-corrected chi connectivity index (χ4v) is 3.88. The number of hydrogen-bond donors (Lipinski definition) is 2. The van der Waals surface area contributed by atoms with E-state index in [1.165, 1.54) is 30.3 Å². The van der Waals surface area contributed by atoms with E-state index in [0.29, 0.717) is 27.9 Å². The molecule has 0 aliphatic rings. The van der Waals surface area contributed by atoms with E-state index in [-0.39, 0.29) is 10.8 Å². The van der Waals surface area contributed by atoms with Crippen LogP contribution in [-0.2, 0) is 14.8 Å². The minimum atomic E-state index is -3.79. The van der Waals surface area contributed by atoms with Gasteiger partial charge in [0, 0.05) is 10.7 Å². The Labute approximate surface area is 186 Å². The van der Waals surface area contributed by atoms with Gasteiger partial charge in [0.15, 0.2) is 6.10 Å². The van der Waals surface area contributed by atoms with Crippen LogP contribution in [0.2, 0.25) is 5.02 Å². The van der Waals surface area contributed by atoms with Crippen LogP contribution in [0, 0.1) is 0 Å². The minimum Gasteiger partial charge on any atom is -0.497 e. The number of anilines is 2. The largest absolute Gasteiger partial charge is 0.497 e. The molecule has 1 atom stereocenters. The molecule has 0 aliphatic carbocycles. The van der Waals surface area contributed by atoms with Crippen LogP contribution in [0.5, 0.6) is 11.5 Å². The highest BCUT2D eigenvalue weighted by molar-refractivity contribution is 7.92. The van der Waals surface area contributed by atoms with Crippen molar-refractivity contribution in [2.24, 2.45) is 0 Å². The first-order valence-electron chi connectivity index (χ1n) is 9.27. The summed E-state index contributed by atoms with van der Waals surface area (Å²) in [4.78, 5) is 12.4. The van der Waals surface area contributed by atoms with Crippen molar-refractivity contribution in [3.63, 3.8) is 0 Å². The molecule has 0 saturated carbocycles. The summed E-state index contributed by atoms with van der Waals surface area (Å²) in [5.41, 5.74) is 0.797. The fourth-order valence-electron chi connectivity index (χ4n) is 2.64. The Balaban J connectivity index is 1.61. The number of halogens is 1. The molecule has 162 valence electrons. The summed E-state index contributed by atoms with van der Waals surface area (Å²) in [5.74, 6) is 0.838. The first-order valence-corrected chi connectivity index (χ1v) is 11.1. The number of carbonyl (C=O) groups excluding carboxylic acids is 1. The third kappa shape index (κ3) is 6.13. The second kappa shape index (κ2) is 9.72. The predicted molar refractivity (Wildman–Crippen MR) is 120 cm³/mol. The van der Waals surface area contributed by atoms with Crippen molar-refractivity contribution in [2.75, 3.05) is 17.1 Å². The van der Waals surface area contributed by atoms with Crippen LogP contribution in [0.4, 0.5) is 11.4 Å². The van der Waals surface area contributed by atoms with E-state index in [1.807, 2.05) is 0 Å². The van der Waals surface area contributed by atoms with Crippen LogP contribution in [0.3, 0.4) is 0 Å². The normalized spacial score (nSPS) is 12.0. The molecule has 1 amide bonds. The van der Waals surface area contributed by atoms with Crippen molar-refractivity contribution in [1.29, 1.82) is 0 Å². The van der Waals surface area contributed by atoms with Gasteiger partial charge in [-0.15, -0.1) is 0 Å². The molecular formula is C22H21ClN2O5S. The Morgan fingerprint density at radius 3 is 2.19 bits per heavy atom. The van der Waals surface area contributed by atoms with E-state index in [0.717, 1.165) is 0 Å². The van der Waals surface area contributed by atoms with Gasteiger partial charge < -0.3 is 14.8 Å². The van der Waals surface area contributed by atoms with Gasteiger partial charge in [-0.2, -0.15) is 0 Å². The standard InChI is InChI=1S/C22H21ClN2O5S/c1-15(30-20-10-8-19(29-2)9-11-20)22(26)24-17-6-12-21(13-7-17)31(27,28)25-18-5-3-4-16(23)14-18/h3-15,25H,1-2H3,(H,24,26)/t15-/m0/s1. The number of hydrogen-bond acceptors (Lipinski definition) is 5. The molecule has 0 fully saturated rings. The van der Waals surface area contributed by atoms with E-state index in [1.54, 1.807) is 56.5 Å². The van der Waals surface area contributed by atoms with Crippen LogP contribution in [-0.4, -0.2) is 27.5 Å². The second-order valence-corrected chi connectivity index (χ2v) is 8.68. The maximum atomic E-state index is 12.5. The summed E-state index contributed by atoms with van der Waals surface area (Å²) in [6, 6.07) is 19.1. The lowest BCUT2D eigenvalue weighted by Gasteiger charge is -2.15. The monoisotopic (exact) mass is 460 g/mol. The second-order valence-electron chi connectivity index (χ2n) is 6.57. The minimum absolute atomic E-state index is 0.0491. The summed E-state index contributed by atoms with van der Waals surface area (Å²) >= 11 is 5.89. The molecule has 9 heteroatoms. The highest BCUT2D eigenvalue weighted by atomic mass is 35.5. The van der Waals surface area contributed by atoms with Gasteiger partial charge in [0.1, 0.15) is 11.5 Å². The first-order chi connectivity index (χ1) is 14.8. The number of carbonyl (C=O) groups is 1. The summed E-state index contributed by atoms with van der Waals surface area (Å²) in [7, 11) is -2.23. The van der Waals surface area contributed by atoms with E-state index in [2.05, 4.69) is 10.0 Å². The number of rotatable bonds is 8. The van der Waals surface area contributed by atoms with Crippen LogP contribution < -0.4 is 19.5 Å². The summed E-state index contributed by atoms with van der Waals surface area (Å²) < 4.78 is 38.2. The van der Waals surface area contributed by atoms with E-state index < -0.39 is 16.1 Å². The lowest BCUT2D eigenvalue weighted by molar-refractivity contribution is -0.122. The molecule has 7 nitrogen and oxygen atoms in total. The van der Waals surface area contributed by atoms with Crippen molar-refractivity contribution in [1.82, 2.24) is 0 Å². The first kappa shape index (κ1) is 22.5. The molecule has 31 heavy (non-hydrogen) atoms. The van der Waals surface area contributed by atoms with Crippen LogP contribution >= 0.6 is 11.6 Å². The fraction of sp³-hybridized carbons (Fsp3) is 0.136. The van der Waals surface area contributed by atoms with Crippen molar-refractivity contribution >= 4 is 38.9 Å². The topological polar surface area (TPSA) is 93.7 Å². The molecule has 3 rings (SSSR count). The summed E-state index contributed by atoms with van der Waals surface area (Å²) in [6.45, 7) is 1.62. The van der Waals surface area contributed by atoms with Crippen molar-refractivity contribution in [3.05, 3.63) is 77.8 Å². The third-order valence-corrected chi connectivity index (χ3v) is 5.88. The van der Waals surface area contributed by atoms with Gasteiger partial charge in [0.05, 0.1) is 17.7 Å². The van der Waals surface area contributed by atoms with E-state index in [9.17, 15) is 13.2 Å². The van der Waals surface area contributed by atoms with Crippen molar-refractivity contribution in [3.8, 4) is 11.5 Å². The Morgan fingerprint density at radius 2 is 1.58 bits per heavy atom. The molecule has 0 aromatic heterocycles. The van der Waals surface area contributed by atoms with Crippen LogP contribution in [0.1, 0.15) is 6.92 Å². The zero-order valence-corrected chi connectivity index (χ0v) is 18.4. The number of methoxy groups -OCH3 is 1. The maximum absolute atomic E-state index is 12.5. The van der Waals surface area contributed by atoms with Gasteiger partial charge in [-0.3, -0.25) is 9.52 Å². The van der Waals surface area contributed by atoms with Gasteiger partial charge in [0.25, 0.3) is 15.9 Å². The predicted octanol–water partition coefficient (Wildman–Crippen LogP) is 4.56. The number of sulfonamides is 1. The highest BCUT2D eigenvalue weighted by Gasteiger charge is 2.17. The number of ether oxygens (including phenoxy) is 2.